The van der Waals surface area contributed by atoms with Gasteiger partial charge in [0.2, 0.25) is 5.91 Å². The highest BCUT2D eigenvalue weighted by molar-refractivity contribution is 6.43. The molecule has 0 fully saturated rings. The molecule has 2 rings (SSSR count). The van der Waals surface area contributed by atoms with Crippen molar-refractivity contribution in [3.05, 3.63) is 29.6 Å². The van der Waals surface area contributed by atoms with Gasteiger partial charge >= 0.3 is 0 Å². The number of nitrogens with zero attached hydrogens (tertiary/aromatic N) is 2. The van der Waals surface area contributed by atoms with Gasteiger partial charge in [-0.2, -0.15) is 10.4 Å². The minimum atomic E-state index is -0.650. The first-order valence-corrected chi connectivity index (χ1v) is 5.46. The zero-order chi connectivity index (χ0) is 13.8. The number of benzene rings is 1. The van der Waals surface area contributed by atoms with Crippen LogP contribution < -0.4 is 10.7 Å². The summed E-state index contributed by atoms with van der Waals surface area (Å²) in [5.41, 5.74) is 2.53. The molecule has 1 aliphatic rings. The molecule has 7 heteroatoms. The van der Waals surface area contributed by atoms with Crippen LogP contribution in [0.15, 0.2) is 23.3 Å². The predicted octanol–water partition coefficient (Wildman–Crippen LogP) is 0.902. The minimum absolute atomic E-state index is 0.156. The highest BCUT2D eigenvalue weighted by Crippen LogP contribution is 2.14. The number of nitriles is 1. The van der Waals surface area contributed by atoms with E-state index in [1.807, 2.05) is 0 Å². The summed E-state index contributed by atoms with van der Waals surface area (Å²) in [6, 6.07) is 5.35. The van der Waals surface area contributed by atoms with Crippen molar-refractivity contribution in [1.29, 1.82) is 5.26 Å². The Hall–Kier alpha value is -2.75. The Kier molecular flexibility index (Phi) is 3.52. The molecule has 6 nitrogen and oxygen atoms in total. The van der Waals surface area contributed by atoms with Gasteiger partial charge in [-0.25, -0.2) is 9.82 Å². The van der Waals surface area contributed by atoms with Gasteiger partial charge in [-0.1, -0.05) is 0 Å². The highest BCUT2D eigenvalue weighted by Gasteiger charge is 2.18. The van der Waals surface area contributed by atoms with E-state index in [2.05, 4.69) is 15.8 Å². The lowest BCUT2D eigenvalue weighted by atomic mass is 10.1. The number of anilines is 1. The van der Waals surface area contributed by atoms with Gasteiger partial charge < -0.3 is 5.32 Å². The monoisotopic (exact) mass is 260 g/mol. The molecule has 2 N–H and O–H groups in total. The number of amides is 2. The van der Waals surface area contributed by atoms with Crippen LogP contribution in [0.1, 0.15) is 18.4 Å². The number of rotatable bonds is 2. The van der Waals surface area contributed by atoms with E-state index in [9.17, 15) is 14.0 Å². The van der Waals surface area contributed by atoms with Gasteiger partial charge in [-0.15, -0.1) is 0 Å². The van der Waals surface area contributed by atoms with Crippen molar-refractivity contribution in [2.45, 2.75) is 12.8 Å². The van der Waals surface area contributed by atoms with Crippen LogP contribution >= 0.6 is 0 Å². The molecule has 0 saturated heterocycles. The Balaban J connectivity index is 2.11. The van der Waals surface area contributed by atoms with E-state index in [4.69, 9.17) is 5.26 Å². The molecule has 19 heavy (non-hydrogen) atoms. The van der Waals surface area contributed by atoms with E-state index >= 15 is 0 Å². The Morgan fingerprint density at radius 1 is 1.47 bits per heavy atom. The topological polar surface area (TPSA) is 94.3 Å². The van der Waals surface area contributed by atoms with Crippen LogP contribution in [0, 0.1) is 17.1 Å². The molecule has 96 valence electrons. The van der Waals surface area contributed by atoms with Crippen LogP contribution in [0.4, 0.5) is 10.1 Å². The Morgan fingerprint density at radius 2 is 2.26 bits per heavy atom. The summed E-state index contributed by atoms with van der Waals surface area (Å²) in [7, 11) is 0. The van der Waals surface area contributed by atoms with Gasteiger partial charge in [-0.3, -0.25) is 9.59 Å². The molecule has 1 aromatic rings. The number of hydrogen-bond donors (Lipinski definition) is 2. The smallest absolute Gasteiger partial charge is 0.271 e. The normalized spacial score (nSPS) is 14.1. The van der Waals surface area contributed by atoms with E-state index in [1.165, 1.54) is 12.1 Å². The second-order valence-corrected chi connectivity index (χ2v) is 3.85. The van der Waals surface area contributed by atoms with Crippen molar-refractivity contribution in [3.8, 4) is 6.07 Å². The maximum absolute atomic E-state index is 13.1. The first-order chi connectivity index (χ1) is 9.10. The Morgan fingerprint density at radius 3 is 2.89 bits per heavy atom. The summed E-state index contributed by atoms with van der Waals surface area (Å²) in [5, 5.41) is 14.8. The van der Waals surface area contributed by atoms with Crippen molar-refractivity contribution >= 4 is 23.2 Å². The SMILES string of the molecule is N#Cc1cc(NC(=O)C2=NNC(=O)CC2)ccc1F. The largest absolute Gasteiger partial charge is 0.321 e. The van der Waals surface area contributed by atoms with Crippen LogP contribution in [0.25, 0.3) is 0 Å². The first-order valence-electron chi connectivity index (χ1n) is 5.46. The van der Waals surface area contributed by atoms with Gasteiger partial charge in [-0.05, 0) is 18.2 Å². The number of halogens is 1. The zero-order valence-corrected chi connectivity index (χ0v) is 9.74. The van der Waals surface area contributed by atoms with Gasteiger partial charge in [0.05, 0.1) is 5.56 Å². The molecular weight excluding hydrogens is 251 g/mol. The third kappa shape index (κ3) is 2.93. The Bertz CT molecular complexity index is 619. The molecule has 0 spiro atoms. The lowest BCUT2D eigenvalue weighted by Gasteiger charge is -2.12. The molecule has 2 amide bonds. The molecule has 0 unspecified atom stereocenters. The van der Waals surface area contributed by atoms with E-state index in [0.717, 1.165) is 6.07 Å². The summed E-state index contributed by atoms with van der Waals surface area (Å²) in [4.78, 5) is 22.7. The van der Waals surface area contributed by atoms with E-state index < -0.39 is 11.7 Å². The maximum atomic E-state index is 13.1. The van der Waals surface area contributed by atoms with E-state index in [1.54, 1.807) is 6.07 Å². The van der Waals surface area contributed by atoms with Crippen LogP contribution in [-0.4, -0.2) is 17.5 Å². The van der Waals surface area contributed by atoms with Crippen molar-refractivity contribution in [3.63, 3.8) is 0 Å². The third-order valence-electron chi connectivity index (χ3n) is 2.51. The van der Waals surface area contributed by atoms with Crippen molar-refractivity contribution in [2.75, 3.05) is 5.32 Å². The van der Waals surface area contributed by atoms with Gasteiger partial charge in [0.25, 0.3) is 5.91 Å². The molecule has 1 aliphatic heterocycles. The molecular formula is C12H9FN4O2. The maximum Gasteiger partial charge on any atom is 0.271 e. The standard InChI is InChI=1S/C12H9FN4O2/c13-9-2-1-8(5-7(9)6-14)15-12(19)10-3-4-11(18)17-16-10/h1-2,5H,3-4H2,(H,15,19)(H,17,18). The minimum Gasteiger partial charge on any atom is -0.321 e. The van der Waals surface area contributed by atoms with Crippen LogP contribution in [-0.2, 0) is 9.59 Å². The quantitative estimate of drug-likeness (QED) is 0.827. The first kappa shape index (κ1) is 12.7. The fourth-order valence-corrected chi connectivity index (χ4v) is 1.53. The predicted molar refractivity (Wildman–Crippen MR) is 64.6 cm³/mol. The number of nitrogens with one attached hydrogen (secondary N) is 2. The molecule has 0 atom stereocenters. The molecule has 0 bridgehead atoms. The average Bonchev–Trinajstić information content (AvgIpc) is 2.41. The van der Waals surface area contributed by atoms with Gasteiger partial charge in [0, 0.05) is 18.5 Å². The van der Waals surface area contributed by atoms with Crippen molar-refractivity contribution < 1.29 is 14.0 Å². The molecule has 0 radical (unpaired) electrons. The molecule has 0 saturated carbocycles. The van der Waals surface area contributed by atoms with Crippen LogP contribution in [0.5, 0.6) is 0 Å². The number of carbonyl (C=O) groups excluding carboxylic acids is 2. The Labute approximate surface area is 107 Å². The third-order valence-corrected chi connectivity index (χ3v) is 2.51. The molecule has 0 aromatic heterocycles. The number of hydrogen-bond acceptors (Lipinski definition) is 4. The zero-order valence-electron chi connectivity index (χ0n) is 9.74. The fourth-order valence-electron chi connectivity index (χ4n) is 1.53. The average molecular weight is 260 g/mol. The summed E-state index contributed by atoms with van der Waals surface area (Å²) in [6.07, 6.45) is 0.434. The number of carbonyl (C=O) groups is 2. The molecule has 1 heterocycles. The van der Waals surface area contributed by atoms with Crippen molar-refractivity contribution in [2.24, 2.45) is 5.10 Å². The second-order valence-electron chi connectivity index (χ2n) is 3.85. The van der Waals surface area contributed by atoms with Gasteiger partial charge in [0.15, 0.2) is 0 Å². The lowest BCUT2D eigenvalue weighted by molar-refractivity contribution is -0.121. The summed E-state index contributed by atoms with van der Waals surface area (Å²) >= 11 is 0. The lowest BCUT2D eigenvalue weighted by Crippen LogP contribution is -2.32. The molecule has 0 aliphatic carbocycles. The van der Waals surface area contributed by atoms with E-state index in [0.29, 0.717) is 5.69 Å². The van der Waals surface area contributed by atoms with Gasteiger partial charge in [0.1, 0.15) is 17.6 Å². The summed E-state index contributed by atoms with van der Waals surface area (Å²) < 4.78 is 13.1. The second kappa shape index (κ2) is 5.27. The fraction of sp³-hybridized carbons (Fsp3) is 0.167. The summed E-state index contributed by atoms with van der Waals surface area (Å²) in [6.45, 7) is 0. The molecule has 1 aromatic carbocycles. The summed E-state index contributed by atoms with van der Waals surface area (Å²) in [5.74, 6) is -1.39. The van der Waals surface area contributed by atoms with Crippen LogP contribution in [0.3, 0.4) is 0 Å². The van der Waals surface area contributed by atoms with Crippen LogP contribution in [0.2, 0.25) is 0 Å². The van der Waals surface area contributed by atoms with E-state index in [-0.39, 0.29) is 30.0 Å². The number of hydrazone groups is 1. The van der Waals surface area contributed by atoms with Crippen molar-refractivity contribution in [1.82, 2.24) is 5.43 Å². The highest BCUT2D eigenvalue weighted by atomic mass is 19.1.